The fourth-order valence-corrected chi connectivity index (χ4v) is 4.77. The second-order valence-corrected chi connectivity index (χ2v) is 8.97. The predicted octanol–water partition coefficient (Wildman–Crippen LogP) is 4.40. The van der Waals surface area contributed by atoms with Crippen molar-refractivity contribution in [1.29, 1.82) is 5.26 Å². The number of aromatic nitrogens is 2. The third-order valence-electron chi connectivity index (χ3n) is 6.65. The summed E-state index contributed by atoms with van der Waals surface area (Å²) in [5.74, 6) is -1.56. The molecule has 0 bridgehead atoms. The molecule has 1 saturated carbocycles. The molecule has 2 N–H and O–H groups in total. The molecule has 7 nitrogen and oxygen atoms in total. The molecule has 2 heterocycles. The number of alkyl halides is 3. The smallest absolute Gasteiger partial charge is 0.357 e. The molecule has 1 saturated heterocycles. The van der Waals surface area contributed by atoms with Gasteiger partial charge in [0.05, 0.1) is 17.2 Å². The minimum Gasteiger partial charge on any atom is -0.357 e. The van der Waals surface area contributed by atoms with Crippen LogP contribution in [0.15, 0.2) is 24.3 Å². The Morgan fingerprint density at radius 2 is 1.89 bits per heavy atom. The summed E-state index contributed by atoms with van der Waals surface area (Å²) < 4.78 is 56.2. The van der Waals surface area contributed by atoms with Crippen LogP contribution in [0.3, 0.4) is 0 Å². The number of benzene rings is 1. The summed E-state index contributed by atoms with van der Waals surface area (Å²) >= 11 is 0. The molecule has 186 valence electrons. The number of nitriles is 1. The van der Waals surface area contributed by atoms with E-state index in [0.29, 0.717) is 0 Å². The standard InChI is InChI=1S/C24H26F4N6O/c1-30-23-32-19(14-6-7-15(12-29)18(25)10-14)11-21(33-23)34-13-16(8-9-20(34)24(26,27)28)22(35)31-17-4-2-3-5-17/h6-7,10-11,16-17,20H,2-5,8-9,13H2,1H3,(H,31,35)(H,30,32,33). The van der Waals surface area contributed by atoms with Gasteiger partial charge >= 0.3 is 6.18 Å². The summed E-state index contributed by atoms with van der Waals surface area (Å²) in [5.41, 5.74) is 0.333. The van der Waals surface area contributed by atoms with Crippen molar-refractivity contribution in [2.75, 3.05) is 23.8 Å². The van der Waals surface area contributed by atoms with E-state index in [1.807, 2.05) is 0 Å². The van der Waals surface area contributed by atoms with E-state index >= 15 is 0 Å². The summed E-state index contributed by atoms with van der Waals surface area (Å²) in [5, 5.41) is 14.7. The maximum absolute atomic E-state index is 14.2. The zero-order chi connectivity index (χ0) is 25.2. The first kappa shape index (κ1) is 24.7. The van der Waals surface area contributed by atoms with Crippen molar-refractivity contribution in [2.24, 2.45) is 5.92 Å². The lowest BCUT2D eigenvalue weighted by Crippen LogP contribution is -2.54. The molecule has 35 heavy (non-hydrogen) atoms. The SMILES string of the molecule is CNc1nc(-c2ccc(C#N)c(F)c2)cc(N2CC(C(=O)NC3CCCC3)CCC2C(F)(F)F)n1. The van der Waals surface area contributed by atoms with Gasteiger partial charge in [-0.15, -0.1) is 0 Å². The predicted molar refractivity (Wildman–Crippen MR) is 122 cm³/mol. The van der Waals surface area contributed by atoms with E-state index < -0.39 is 24.0 Å². The molecule has 2 aliphatic rings. The number of hydrogen-bond acceptors (Lipinski definition) is 6. The minimum atomic E-state index is -4.53. The van der Waals surface area contributed by atoms with Crippen molar-refractivity contribution in [2.45, 2.75) is 56.8 Å². The third kappa shape index (κ3) is 5.47. The van der Waals surface area contributed by atoms with Crippen molar-refractivity contribution >= 4 is 17.7 Å². The highest BCUT2D eigenvalue weighted by Crippen LogP contribution is 2.38. The number of nitrogens with one attached hydrogen (secondary N) is 2. The van der Waals surface area contributed by atoms with Gasteiger partial charge in [0.15, 0.2) is 0 Å². The Labute approximate surface area is 200 Å². The van der Waals surface area contributed by atoms with E-state index in [9.17, 15) is 22.4 Å². The molecule has 2 fully saturated rings. The van der Waals surface area contributed by atoms with E-state index in [4.69, 9.17) is 5.26 Å². The molecule has 1 aliphatic carbocycles. The van der Waals surface area contributed by atoms with Crippen LogP contribution < -0.4 is 15.5 Å². The van der Waals surface area contributed by atoms with Crippen LogP contribution in [0.25, 0.3) is 11.3 Å². The maximum atomic E-state index is 14.2. The normalized spacial score (nSPS) is 21.0. The summed E-state index contributed by atoms with van der Waals surface area (Å²) in [6.45, 7) is -0.149. The molecule has 1 aliphatic heterocycles. The van der Waals surface area contributed by atoms with Crippen molar-refractivity contribution in [3.8, 4) is 17.3 Å². The summed E-state index contributed by atoms with van der Waals surface area (Å²) in [6, 6.07) is 5.22. The minimum absolute atomic E-state index is 0.00944. The second-order valence-electron chi connectivity index (χ2n) is 8.97. The number of halogens is 4. The Kier molecular flexibility index (Phi) is 7.10. The first-order valence-electron chi connectivity index (χ1n) is 11.6. The number of nitrogens with zero attached hydrogens (tertiary/aromatic N) is 4. The Morgan fingerprint density at radius 1 is 1.14 bits per heavy atom. The number of anilines is 2. The van der Waals surface area contributed by atoms with E-state index in [-0.39, 0.29) is 59.9 Å². The monoisotopic (exact) mass is 490 g/mol. The van der Waals surface area contributed by atoms with Gasteiger partial charge in [-0.25, -0.2) is 9.37 Å². The van der Waals surface area contributed by atoms with Crippen LogP contribution in [-0.2, 0) is 4.79 Å². The lowest BCUT2D eigenvalue weighted by Gasteiger charge is -2.41. The van der Waals surface area contributed by atoms with Gasteiger partial charge in [0.25, 0.3) is 0 Å². The number of piperidine rings is 1. The fraction of sp³-hybridized carbons (Fsp3) is 0.500. The summed E-state index contributed by atoms with van der Waals surface area (Å²) in [7, 11) is 1.53. The van der Waals surface area contributed by atoms with E-state index in [0.717, 1.165) is 36.6 Å². The Bertz CT molecular complexity index is 1130. The highest BCUT2D eigenvalue weighted by molar-refractivity contribution is 5.80. The number of carbonyl (C=O) groups is 1. The second kappa shape index (κ2) is 10.1. The van der Waals surface area contributed by atoms with Gasteiger partial charge in [-0.3, -0.25) is 4.79 Å². The van der Waals surface area contributed by atoms with Gasteiger partial charge in [-0.1, -0.05) is 18.9 Å². The van der Waals surface area contributed by atoms with Crippen LogP contribution in [0, 0.1) is 23.1 Å². The van der Waals surface area contributed by atoms with Gasteiger partial charge in [0, 0.05) is 31.3 Å². The first-order chi connectivity index (χ1) is 16.7. The summed E-state index contributed by atoms with van der Waals surface area (Å²) in [6.07, 6.45) is -0.819. The molecular weight excluding hydrogens is 464 g/mol. The van der Waals surface area contributed by atoms with Crippen molar-refractivity contribution in [3.05, 3.63) is 35.6 Å². The molecule has 1 aromatic heterocycles. The van der Waals surface area contributed by atoms with E-state index in [1.54, 1.807) is 6.07 Å². The topological polar surface area (TPSA) is 93.9 Å². The van der Waals surface area contributed by atoms with E-state index in [2.05, 4.69) is 20.6 Å². The largest absolute Gasteiger partial charge is 0.408 e. The van der Waals surface area contributed by atoms with Gasteiger partial charge in [0.2, 0.25) is 11.9 Å². The zero-order valence-electron chi connectivity index (χ0n) is 19.2. The number of hydrogen-bond donors (Lipinski definition) is 2. The third-order valence-corrected chi connectivity index (χ3v) is 6.65. The average Bonchev–Trinajstić information content (AvgIpc) is 3.35. The molecule has 0 radical (unpaired) electrons. The molecule has 2 unspecified atom stereocenters. The fourth-order valence-electron chi connectivity index (χ4n) is 4.77. The molecule has 0 spiro atoms. The van der Waals surface area contributed by atoms with E-state index in [1.165, 1.54) is 25.2 Å². The lowest BCUT2D eigenvalue weighted by atomic mass is 9.91. The van der Waals surface area contributed by atoms with Crippen LogP contribution in [0.4, 0.5) is 29.3 Å². The van der Waals surface area contributed by atoms with Crippen LogP contribution >= 0.6 is 0 Å². The lowest BCUT2D eigenvalue weighted by molar-refractivity contribution is -0.156. The van der Waals surface area contributed by atoms with Gasteiger partial charge in [-0.2, -0.15) is 23.4 Å². The van der Waals surface area contributed by atoms with Gasteiger partial charge < -0.3 is 15.5 Å². The zero-order valence-corrected chi connectivity index (χ0v) is 19.2. The first-order valence-corrected chi connectivity index (χ1v) is 11.6. The van der Waals surface area contributed by atoms with Gasteiger partial charge in [0.1, 0.15) is 23.7 Å². The molecular formula is C24H26F4N6O. The van der Waals surface area contributed by atoms with Crippen LogP contribution in [0.2, 0.25) is 0 Å². The Morgan fingerprint density at radius 3 is 2.51 bits per heavy atom. The maximum Gasteiger partial charge on any atom is 0.408 e. The van der Waals surface area contributed by atoms with Crippen molar-refractivity contribution < 1.29 is 22.4 Å². The van der Waals surface area contributed by atoms with Crippen LogP contribution in [0.5, 0.6) is 0 Å². The molecule has 4 rings (SSSR count). The molecule has 11 heteroatoms. The molecule has 1 aromatic carbocycles. The molecule has 2 atom stereocenters. The van der Waals surface area contributed by atoms with Crippen LogP contribution in [0.1, 0.15) is 44.1 Å². The number of amides is 1. The van der Waals surface area contributed by atoms with Crippen molar-refractivity contribution in [1.82, 2.24) is 15.3 Å². The average molecular weight is 491 g/mol. The Balaban J connectivity index is 1.68. The summed E-state index contributed by atoms with van der Waals surface area (Å²) in [4.78, 5) is 22.5. The molecule has 2 aromatic rings. The van der Waals surface area contributed by atoms with Crippen LogP contribution in [-0.4, -0.2) is 47.7 Å². The Hall–Kier alpha value is -3.42. The molecule has 1 amide bonds. The highest BCUT2D eigenvalue weighted by atomic mass is 19.4. The number of rotatable bonds is 5. The number of carbonyl (C=O) groups excluding carboxylic acids is 1. The van der Waals surface area contributed by atoms with Crippen molar-refractivity contribution in [3.63, 3.8) is 0 Å². The van der Waals surface area contributed by atoms with Gasteiger partial charge in [-0.05, 0) is 37.8 Å². The highest BCUT2D eigenvalue weighted by Gasteiger charge is 2.48. The quantitative estimate of drug-likeness (QED) is 0.604.